The average molecular weight is 980 g/mol. The van der Waals surface area contributed by atoms with Gasteiger partial charge in [-0.05, 0) is 110 Å². The van der Waals surface area contributed by atoms with Gasteiger partial charge in [0.15, 0.2) is 5.78 Å². The van der Waals surface area contributed by atoms with E-state index in [1.165, 1.54) is 22.3 Å². The zero-order valence-corrected chi connectivity index (χ0v) is 41.0. The fourth-order valence-electron chi connectivity index (χ4n) is 9.58. The van der Waals surface area contributed by atoms with Gasteiger partial charge in [-0.15, -0.1) is 11.3 Å². The van der Waals surface area contributed by atoms with Crippen molar-refractivity contribution in [2.75, 3.05) is 6.54 Å². The number of nitrogens with zero attached hydrogens (tertiary/aromatic N) is 4. The van der Waals surface area contributed by atoms with E-state index in [0.29, 0.717) is 59.4 Å². The van der Waals surface area contributed by atoms with Gasteiger partial charge < -0.3 is 14.4 Å². The maximum absolute atomic E-state index is 14.9. The Bertz CT molecular complexity index is 2740. The normalized spacial score (nSPS) is 25.0. The summed E-state index contributed by atoms with van der Waals surface area (Å²) >= 11 is 1.35. The Morgan fingerprint density at radius 1 is 1.03 bits per heavy atom. The molecule has 0 bridgehead atoms. The van der Waals surface area contributed by atoms with Gasteiger partial charge in [-0.1, -0.05) is 49.3 Å². The number of carbonyl (C=O) groups excluding carboxylic acids is 4. The number of imidazole rings is 1. The lowest BCUT2D eigenvalue weighted by Gasteiger charge is -2.29. The first-order chi connectivity index (χ1) is 32.0. The second-order valence-electron chi connectivity index (χ2n) is 20.6. The van der Waals surface area contributed by atoms with Crippen molar-refractivity contribution in [2.24, 2.45) is 17.3 Å². The number of carbonyl (C=O) groups is 4. The number of Topliss-reactive ketones (excluding diaryl/α,β-unsaturated/α-hetero) is 1. The number of benzene rings is 2. The number of fused-ring (bicyclic) bond motifs is 3. The van der Waals surface area contributed by atoms with Crippen LogP contribution in [0.2, 0.25) is 0 Å². The summed E-state index contributed by atoms with van der Waals surface area (Å²) in [6, 6.07) is 9.84. The van der Waals surface area contributed by atoms with Gasteiger partial charge in [0, 0.05) is 42.2 Å². The first-order valence-corrected chi connectivity index (χ1v) is 25.9. The van der Waals surface area contributed by atoms with E-state index >= 15 is 0 Å². The number of halogens is 3. The Hall–Kier alpha value is -5.10. The molecule has 3 fully saturated rings. The van der Waals surface area contributed by atoms with Crippen LogP contribution in [0.1, 0.15) is 135 Å². The van der Waals surface area contributed by atoms with Gasteiger partial charge in [-0.3, -0.25) is 28.5 Å². The van der Waals surface area contributed by atoms with Crippen molar-refractivity contribution in [1.82, 2.24) is 24.2 Å². The molecule has 2 aromatic carbocycles. The fourth-order valence-corrected chi connectivity index (χ4v) is 11.8. The number of para-hydroxylation sites is 1. The van der Waals surface area contributed by atoms with Crippen molar-refractivity contribution in [3.05, 3.63) is 76.8 Å². The molecule has 2 aliphatic carbocycles. The molecule has 4 aromatic rings. The Morgan fingerprint density at radius 2 is 1.78 bits per heavy atom. The highest BCUT2D eigenvalue weighted by molar-refractivity contribution is 7.91. The number of ether oxygens (including phenoxy) is 2. The highest BCUT2D eigenvalue weighted by Gasteiger charge is 2.62. The lowest BCUT2D eigenvalue weighted by atomic mass is 9.90. The van der Waals surface area contributed by atoms with Crippen LogP contribution in [0.15, 0.2) is 60.0 Å². The highest BCUT2D eigenvalue weighted by Crippen LogP contribution is 2.58. The van der Waals surface area contributed by atoms with E-state index in [9.17, 15) is 40.8 Å². The van der Waals surface area contributed by atoms with Gasteiger partial charge in [-0.25, -0.2) is 13.4 Å². The second kappa shape index (κ2) is 18.7. The third-order valence-electron chi connectivity index (χ3n) is 13.7. The first-order valence-electron chi connectivity index (χ1n) is 23.5. The van der Waals surface area contributed by atoms with Gasteiger partial charge in [0.2, 0.25) is 21.8 Å². The van der Waals surface area contributed by atoms with Gasteiger partial charge in [0.05, 0.1) is 45.9 Å². The Morgan fingerprint density at radius 3 is 2.49 bits per heavy atom. The van der Waals surface area contributed by atoms with Gasteiger partial charge in [-0.2, -0.15) is 18.2 Å². The molecule has 2 aliphatic heterocycles. The number of hydrogen-bond donors (Lipinski definition) is 1. The first kappa shape index (κ1) is 49.3. The molecule has 1 N–H and O–H groups in total. The summed E-state index contributed by atoms with van der Waals surface area (Å²) in [5.74, 6) is -3.21. The molecule has 8 rings (SSSR count). The molecule has 5 atom stereocenters. The van der Waals surface area contributed by atoms with E-state index in [0.717, 1.165) is 30.5 Å². The van der Waals surface area contributed by atoms with Gasteiger partial charge in [0.25, 0.3) is 6.01 Å². The average Bonchev–Trinajstić information content (AvgIpc) is 3.94. The minimum atomic E-state index is -4.47. The molecule has 68 heavy (non-hydrogen) atoms. The number of esters is 1. The summed E-state index contributed by atoms with van der Waals surface area (Å²) in [6.07, 6.45) is 2.90. The highest BCUT2D eigenvalue weighted by atomic mass is 32.2. The van der Waals surface area contributed by atoms with Gasteiger partial charge in [0.1, 0.15) is 22.2 Å². The van der Waals surface area contributed by atoms with Crippen LogP contribution in [0, 0.1) is 17.3 Å². The maximum atomic E-state index is 14.9. The van der Waals surface area contributed by atoms with Crippen LogP contribution in [-0.2, 0) is 46.5 Å². The van der Waals surface area contributed by atoms with E-state index in [1.54, 1.807) is 33.8 Å². The number of thiazole rings is 1. The summed E-state index contributed by atoms with van der Waals surface area (Å²) in [5.41, 5.74) is 0.240. The summed E-state index contributed by atoms with van der Waals surface area (Å²) in [4.78, 5) is 68.4. The largest absolute Gasteiger partial charge is 0.460 e. The topological polar surface area (TPSA) is 167 Å². The van der Waals surface area contributed by atoms with Crippen LogP contribution in [-0.4, -0.2) is 80.5 Å². The number of aromatic nitrogens is 3. The van der Waals surface area contributed by atoms with Crippen molar-refractivity contribution in [3.8, 4) is 16.6 Å². The molecule has 2 aromatic heterocycles. The molecule has 2 amide bonds. The number of ketones is 1. The van der Waals surface area contributed by atoms with Crippen molar-refractivity contribution in [1.29, 1.82) is 0 Å². The van der Waals surface area contributed by atoms with Gasteiger partial charge >= 0.3 is 12.1 Å². The smallest absolute Gasteiger partial charge is 0.416 e. The molecule has 18 heteroatoms. The summed E-state index contributed by atoms with van der Waals surface area (Å²) in [5, 5.41) is 2.43. The Balaban J connectivity index is 1.10. The number of allylic oxidation sites excluding steroid dienone is 2. The monoisotopic (exact) mass is 979 g/mol. The molecule has 2 saturated carbocycles. The molecule has 13 nitrogen and oxygen atoms in total. The SMILES string of the molecule is CC(C)n1c(O[C@@H]2C[C@H]3C(=O)C[C@]4(C(=O)NS(=O)(=O)C5(C)CC5)C[C@H]4/C=C\CCCCC[C@H](CC(=O)OC(C)(C)C)C(=O)N3C2)nc2c(-c3nc(Cc4cccc(C(F)(F)F)c4)cs3)cccc21. The zero-order valence-electron chi connectivity index (χ0n) is 39.4. The van der Waals surface area contributed by atoms with E-state index in [-0.39, 0.29) is 56.6 Å². The summed E-state index contributed by atoms with van der Waals surface area (Å²) in [7, 11) is -4.00. The molecule has 366 valence electrons. The third kappa shape index (κ3) is 10.6. The Kier molecular flexibility index (Phi) is 13.5. The molecule has 0 unspecified atom stereocenters. The number of sulfonamides is 1. The predicted octanol–water partition coefficient (Wildman–Crippen LogP) is 9.53. The number of nitrogens with one attached hydrogen (secondary N) is 1. The van der Waals surface area contributed by atoms with E-state index in [2.05, 4.69) is 4.72 Å². The van der Waals surface area contributed by atoms with E-state index in [4.69, 9.17) is 19.4 Å². The second-order valence-corrected chi connectivity index (χ2v) is 23.6. The zero-order chi connectivity index (χ0) is 49.0. The van der Waals surface area contributed by atoms with Crippen molar-refractivity contribution >= 4 is 56.0 Å². The minimum absolute atomic E-state index is 0.0190. The Labute approximate surface area is 399 Å². The summed E-state index contributed by atoms with van der Waals surface area (Å²) < 4.78 is 82.6. The lowest BCUT2D eigenvalue weighted by molar-refractivity contribution is -0.159. The molecule has 0 spiro atoms. The molecule has 4 heterocycles. The quantitative estimate of drug-likeness (QED) is 0.113. The standard InChI is InChI=1S/C50H60F3N5O8S2/c1-30(2)58-38-19-13-18-37(43-54-35(29-67-43)23-31-14-12-17-33(22-31)50(51,52)53)42(38)55-46(58)65-36-25-39-40(59)27-49(45(62)56-68(63,64)48(6)20-21-48)26-34(49)16-11-9-7-8-10-15-32(44(61)57(39)28-36)24-41(60)66-47(3,4)5/h11-14,16-19,22,29-30,32,34,36,39H,7-10,15,20-21,23-28H2,1-6H3,(H,56,62)/b16-11-/t32-,34-,36-,39+,49-/m1/s1. The van der Waals surface area contributed by atoms with Crippen LogP contribution < -0.4 is 9.46 Å². The molecular weight excluding hydrogens is 920 g/mol. The van der Waals surface area contributed by atoms with Crippen molar-refractivity contribution < 1.29 is 50.2 Å². The molecular formula is C50H60F3N5O8S2. The predicted molar refractivity (Wildman–Crippen MR) is 251 cm³/mol. The molecule has 4 aliphatic rings. The van der Waals surface area contributed by atoms with Crippen LogP contribution in [0.25, 0.3) is 21.6 Å². The number of rotatable bonds is 11. The van der Waals surface area contributed by atoms with Crippen LogP contribution >= 0.6 is 11.3 Å². The van der Waals surface area contributed by atoms with Crippen LogP contribution in [0.3, 0.4) is 0 Å². The molecule has 0 radical (unpaired) electrons. The number of alkyl halides is 3. The minimum Gasteiger partial charge on any atom is -0.460 e. The molecule has 1 saturated heterocycles. The van der Waals surface area contributed by atoms with E-state index in [1.807, 2.05) is 54.1 Å². The van der Waals surface area contributed by atoms with Crippen molar-refractivity contribution in [3.63, 3.8) is 0 Å². The number of amides is 2. The number of hydrogen-bond acceptors (Lipinski definition) is 11. The van der Waals surface area contributed by atoms with E-state index < -0.39 is 79.2 Å². The maximum Gasteiger partial charge on any atom is 0.416 e. The third-order valence-corrected chi connectivity index (χ3v) is 16.8. The summed E-state index contributed by atoms with van der Waals surface area (Å²) in [6.45, 7) is 10.8. The van der Waals surface area contributed by atoms with Crippen LogP contribution in [0.4, 0.5) is 13.2 Å². The lowest BCUT2D eigenvalue weighted by Crippen LogP contribution is -2.47. The fraction of sp³-hybridized carbons (Fsp3) is 0.560. The van der Waals surface area contributed by atoms with Crippen LogP contribution in [0.5, 0.6) is 6.01 Å². The van der Waals surface area contributed by atoms with Crippen molar-refractivity contribution in [2.45, 2.75) is 153 Å².